The number of allylic oxidation sites excluding steroid dienone is 2. The molecule has 0 aliphatic heterocycles. The first-order chi connectivity index (χ1) is 15.3. The standard InChI is InChI=1S/C18H19N3O.C4H11N.C3H8.C2H6/c1-11(2)21-19-16-12-7-3-5-9-14(12)18(22)15-10-6-4-8-13(15)17(16)20-21;1-4-5(2)3;1-3-2;1-2/h3,5-7,9-11,18,22H,4,8H2,1-2H3;4H2,1-3H3;3H2,1-2H3;1-2H3. The highest BCUT2D eigenvalue weighted by Gasteiger charge is 2.30. The Labute approximate surface area is 195 Å². The van der Waals surface area contributed by atoms with Gasteiger partial charge in [-0.3, -0.25) is 0 Å². The highest BCUT2D eigenvalue weighted by Crippen LogP contribution is 2.44. The third-order valence-corrected chi connectivity index (χ3v) is 5.02. The average Bonchev–Trinajstić information content (AvgIpc) is 3.23. The Balaban J connectivity index is 0.000000440. The molecule has 0 saturated carbocycles. The molecular formula is C27H44N4O. The molecule has 1 atom stereocenters. The minimum Gasteiger partial charge on any atom is -0.384 e. The highest BCUT2D eigenvalue weighted by atomic mass is 16.3. The van der Waals surface area contributed by atoms with Crippen LogP contribution in [0.15, 0.2) is 42.0 Å². The zero-order valence-electron chi connectivity index (χ0n) is 21.7. The van der Waals surface area contributed by atoms with Crippen LogP contribution in [0.1, 0.15) is 91.1 Å². The molecule has 0 fully saturated rings. The number of aliphatic hydroxyl groups is 1. The van der Waals surface area contributed by atoms with Gasteiger partial charge in [-0.2, -0.15) is 15.0 Å². The van der Waals surface area contributed by atoms with Gasteiger partial charge in [-0.1, -0.05) is 77.5 Å². The molecule has 2 aromatic rings. The fourth-order valence-corrected chi connectivity index (χ4v) is 3.25. The Morgan fingerprint density at radius 2 is 1.62 bits per heavy atom. The zero-order valence-corrected chi connectivity index (χ0v) is 21.7. The lowest BCUT2D eigenvalue weighted by molar-refractivity contribution is 0.220. The van der Waals surface area contributed by atoms with E-state index in [1.807, 2.05) is 44.2 Å². The number of rotatable bonds is 2. The molecule has 0 amide bonds. The lowest BCUT2D eigenvalue weighted by atomic mass is 9.91. The van der Waals surface area contributed by atoms with Gasteiger partial charge in [-0.25, -0.2) is 0 Å². The van der Waals surface area contributed by atoms with Crippen molar-refractivity contribution in [2.45, 2.75) is 79.9 Å². The summed E-state index contributed by atoms with van der Waals surface area (Å²) in [6.07, 6.45) is 6.70. The second-order valence-corrected chi connectivity index (χ2v) is 8.28. The molecule has 178 valence electrons. The van der Waals surface area contributed by atoms with Crippen molar-refractivity contribution in [1.82, 2.24) is 19.9 Å². The fraction of sp³-hybridized carbons (Fsp3) is 0.556. The summed E-state index contributed by atoms with van der Waals surface area (Å²) in [6, 6.07) is 8.18. The van der Waals surface area contributed by atoms with E-state index in [1.54, 1.807) is 4.80 Å². The Kier molecular flexibility index (Phi) is 12.2. The van der Waals surface area contributed by atoms with Gasteiger partial charge in [-0.15, -0.1) is 0 Å². The minimum atomic E-state index is -0.605. The predicted octanol–water partition coefficient (Wildman–Crippen LogP) is 6.69. The van der Waals surface area contributed by atoms with Crippen LogP contribution in [0.25, 0.3) is 16.8 Å². The van der Waals surface area contributed by atoms with Gasteiger partial charge in [0, 0.05) is 5.56 Å². The van der Waals surface area contributed by atoms with Crippen LogP contribution < -0.4 is 0 Å². The lowest BCUT2D eigenvalue weighted by Gasteiger charge is -2.18. The monoisotopic (exact) mass is 440 g/mol. The third kappa shape index (κ3) is 6.88. The number of benzene rings is 1. The first kappa shape index (κ1) is 27.8. The molecule has 5 heteroatoms. The first-order valence-corrected chi connectivity index (χ1v) is 12.1. The molecule has 0 saturated heterocycles. The third-order valence-electron chi connectivity index (χ3n) is 5.02. The van der Waals surface area contributed by atoms with Crippen LogP contribution in [0.2, 0.25) is 0 Å². The van der Waals surface area contributed by atoms with E-state index >= 15 is 0 Å². The van der Waals surface area contributed by atoms with Crippen LogP contribution in [0.4, 0.5) is 0 Å². The van der Waals surface area contributed by atoms with Gasteiger partial charge in [0.05, 0.1) is 6.04 Å². The molecule has 1 aromatic heterocycles. The van der Waals surface area contributed by atoms with Crippen molar-refractivity contribution < 1.29 is 5.11 Å². The fourth-order valence-electron chi connectivity index (χ4n) is 3.25. The van der Waals surface area contributed by atoms with Gasteiger partial charge >= 0.3 is 0 Å². The van der Waals surface area contributed by atoms with E-state index in [-0.39, 0.29) is 6.04 Å². The topological polar surface area (TPSA) is 54.2 Å². The van der Waals surface area contributed by atoms with Gasteiger partial charge in [0.2, 0.25) is 0 Å². The van der Waals surface area contributed by atoms with Crippen molar-refractivity contribution in [3.05, 3.63) is 53.2 Å². The molecule has 5 nitrogen and oxygen atoms in total. The Bertz CT molecular complexity index is 878. The van der Waals surface area contributed by atoms with Crippen molar-refractivity contribution in [2.24, 2.45) is 0 Å². The van der Waals surface area contributed by atoms with Crippen molar-refractivity contribution in [2.75, 3.05) is 20.6 Å². The second kappa shape index (κ2) is 14.0. The quantitative estimate of drug-likeness (QED) is 0.565. The summed E-state index contributed by atoms with van der Waals surface area (Å²) in [4.78, 5) is 3.90. The number of aromatic nitrogens is 3. The van der Waals surface area contributed by atoms with Gasteiger partial charge in [0.15, 0.2) is 0 Å². The van der Waals surface area contributed by atoms with Crippen LogP contribution in [-0.4, -0.2) is 45.6 Å². The summed E-state index contributed by atoms with van der Waals surface area (Å²) < 4.78 is 0. The summed E-state index contributed by atoms with van der Waals surface area (Å²) in [5.41, 5.74) is 5.82. The first-order valence-electron chi connectivity index (χ1n) is 12.1. The van der Waals surface area contributed by atoms with E-state index in [2.05, 4.69) is 59.7 Å². The maximum Gasteiger partial charge on any atom is 0.121 e. The largest absolute Gasteiger partial charge is 0.384 e. The zero-order chi connectivity index (χ0) is 24.3. The molecule has 0 radical (unpaired) electrons. The molecule has 0 spiro atoms. The molecule has 32 heavy (non-hydrogen) atoms. The van der Waals surface area contributed by atoms with Crippen LogP contribution in [0.3, 0.4) is 0 Å². The van der Waals surface area contributed by atoms with Crippen LogP contribution in [0.5, 0.6) is 0 Å². The van der Waals surface area contributed by atoms with Crippen molar-refractivity contribution >= 4 is 5.57 Å². The van der Waals surface area contributed by atoms with E-state index in [9.17, 15) is 5.11 Å². The summed E-state index contributed by atoms with van der Waals surface area (Å²) in [5.74, 6) is 0. The second-order valence-electron chi connectivity index (χ2n) is 8.28. The van der Waals surface area contributed by atoms with Gasteiger partial charge in [-0.05, 0) is 64.0 Å². The Hall–Kier alpha value is -2.24. The molecule has 2 aliphatic rings. The van der Waals surface area contributed by atoms with E-state index in [4.69, 9.17) is 10.2 Å². The van der Waals surface area contributed by atoms with Crippen LogP contribution in [0, 0.1) is 0 Å². The molecule has 1 heterocycles. The molecule has 1 N–H and O–H groups in total. The average molecular weight is 441 g/mol. The summed E-state index contributed by atoms with van der Waals surface area (Å²) >= 11 is 0. The summed E-state index contributed by atoms with van der Waals surface area (Å²) in [6.45, 7) is 15.7. The summed E-state index contributed by atoms with van der Waals surface area (Å²) in [7, 11) is 4.11. The van der Waals surface area contributed by atoms with Gasteiger partial charge in [0.1, 0.15) is 17.5 Å². The van der Waals surface area contributed by atoms with Crippen LogP contribution in [-0.2, 0) is 0 Å². The Morgan fingerprint density at radius 3 is 2.19 bits per heavy atom. The van der Waals surface area contributed by atoms with E-state index in [0.29, 0.717) is 0 Å². The van der Waals surface area contributed by atoms with E-state index in [1.165, 1.54) is 6.42 Å². The van der Waals surface area contributed by atoms with Crippen molar-refractivity contribution in [1.29, 1.82) is 0 Å². The Morgan fingerprint density at radius 1 is 1.06 bits per heavy atom. The maximum absolute atomic E-state index is 10.8. The number of nitrogens with zero attached hydrogens (tertiary/aromatic N) is 4. The van der Waals surface area contributed by atoms with Crippen molar-refractivity contribution in [3.63, 3.8) is 0 Å². The maximum atomic E-state index is 10.8. The molecule has 4 rings (SSSR count). The molecule has 1 aromatic carbocycles. The highest BCUT2D eigenvalue weighted by molar-refractivity contribution is 5.84. The SMILES string of the molecule is CC.CC(C)n1nc2c(n1)-c1ccccc1C(O)C1=C2CCC=C1.CCC.CCN(C)C. The molecule has 1 unspecified atom stereocenters. The van der Waals surface area contributed by atoms with Gasteiger partial charge < -0.3 is 10.0 Å². The smallest absolute Gasteiger partial charge is 0.121 e. The predicted molar refractivity (Wildman–Crippen MR) is 138 cm³/mol. The number of aliphatic hydroxyl groups excluding tert-OH is 1. The molecule has 2 aliphatic carbocycles. The van der Waals surface area contributed by atoms with E-state index in [0.717, 1.165) is 53.0 Å². The number of fused-ring (bicyclic) bond motifs is 4. The number of hydrogen-bond donors (Lipinski definition) is 1. The van der Waals surface area contributed by atoms with Crippen LogP contribution >= 0.6 is 0 Å². The van der Waals surface area contributed by atoms with Crippen molar-refractivity contribution in [3.8, 4) is 11.3 Å². The normalized spacial score (nSPS) is 15.8. The van der Waals surface area contributed by atoms with E-state index < -0.39 is 6.10 Å². The van der Waals surface area contributed by atoms with Gasteiger partial charge in [0.25, 0.3) is 0 Å². The number of hydrogen-bond acceptors (Lipinski definition) is 4. The summed E-state index contributed by atoms with van der Waals surface area (Å²) in [5, 5.41) is 20.3. The minimum absolute atomic E-state index is 0.215. The molecular weight excluding hydrogens is 396 g/mol. The molecule has 0 bridgehead atoms. The lowest BCUT2D eigenvalue weighted by Crippen LogP contribution is -2.08.